The van der Waals surface area contributed by atoms with Gasteiger partial charge in [0.2, 0.25) is 5.13 Å². The second kappa shape index (κ2) is 5.63. The van der Waals surface area contributed by atoms with E-state index in [1.165, 1.54) is 11.3 Å². The normalized spacial score (nSPS) is 11.5. The molecule has 20 heavy (non-hydrogen) atoms. The van der Waals surface area contributed by atoms with Gasteiger partial charge in [0.1, 0.15) is 5.75 Å². The Hall–Kier alpha value is -1.24. The number of aliphatic imine (C=N–C) groups is 1. The molecule has 6 heteroatoms. The Morgan fingerprint density at radius 3 is 2.70 bits per heavy atom. The van der Waals surface area contributed by atoms with E-state index in [2.05, 4.69) is 41.8 Å². The maximum Gasteiger partial charge on any atom is 0.210 e. The number of rotatable bonds is 2. The molecule has 1 heterocycles. The van der Waals surface area contributed by atoms with E-state index in [4.69, 9.17) is 0 Å². The van der Waals surface area contributed by atoms with Crippen LogP contribution in [-0.2, 0) is 0 Å². The zero-order valence-corrected chi connectivity index (χ0v) is 14.0. The van der Waals surface area contributed by atoms with Crippen molar-refractivity contribution in [2.24, 2.45) is 4.99 Å². The number of benzene rings is 2. The molecule has 100 valence electrons. The Morgan fingerprint density at radius 2 is 1.85 bits per heavy atom. The molecule has 0 aliphatic heterocycles. The third kappa shape index (κ3) is 2.92. The first-order valence-electron chi connectivity index (χ1n) is 5.70. The first-order valence-corrected chi connectivity index (χ1v) is 8.11. The lowest BCUT2D eigenvalue weighted by Crippen LogP contribution is -1.81. The standard InChI is InChI=1S/C14H8Br2N2OS/c15-9-2-4-12(19)8(5-9)7-17-14-18-11-3-1-10(16)6-13(11)20-14/h1-7,19H. The molecule has 0 amide bonds. The molecule has 0 radical (unpaired) electrons. The van der Waals surface area contributed by atoms with E-state index in [-0.39, 0.29) is 5.75 Å². The molecule has 3 rings (SSSR count). The fourth-order valence-electron chi connectivity index (χ4n) is 1.70. The van der Waals surface area contributed by atoms with Gasteiger partial charge in [-0.25, -0.2) is 9.98 Å². The van der Waals surface area contributed by atoms with E-state index in [1.54, 1.807) is 18.3 Å². The maximum atomic E-state index is 9.75. The maximum absolute atomic E-state index is 9.75. The predicted octanol–water partition coefficient (Wildman–Crippen LogP) is 5.28. The van der Waals surface area contributed by atoms with Gasteiger partial charge >= 0.3 is 0 Å². The molecule has 0 spiro atoms. The van der Waals surface area contributed by atoms with Crippen LogP contribution in [0.25, 0.3) is 10.2 Å². The summed E-state index contributed by atoms with van der Waals surface area (Å²) in [5.74, 6) is 0.195. The minimum atomic E-state index is 0.195. The van der Waals surface area contributed by atoms with Gasteiger partial charge in [-0.05, 0) is 36.4 Å². The van der Waals surface area contributed by atoms with Gasteiger partial charge in [-0.15, -0.1) is 0 Å². The van der Waals surface area contributed by atoms with E-state index >= 15 is 0 Å². The monoisotopic (exact) mass is 410 g/mol. The molecule has 1 N–H and O–H groups in total. The molecule has 0 atom stereocenters. The highest BCUT2D eigenvalue weighted by atomic mass is 79.9. The number of hydrogen-bond donors (Lipinski definition) is 1. The summed E-state index contributed by atoms with van der Waals surface area (Å²) in [6, 6.07) is 11.1. The average molecular weight is 412 g/mol. The highest BCUT2D eigenvalue weighted by molar-refractivity contribution is 9.10. The minimum absolute atomic E-state index is 0.195. The highest BCUT2D eigenvalue weighted by Crippen LogP contribution is 2.30. The molecule has 0 aliphatic rings. The number of halogens is 2. The first kappa shape index (κ1) is 13.7. The lowest BCUT2D eigenvalue weighted by Gasteiger charge is -1.97. The fraction of sp³-hybridized carbons (Fsp3) is 0. The quantitative estimate of drug-likeness (QED) is 0.583. The van der Waals surface area contributed by atoms with Crippen molar-refractivity contribution < 1.29 is 5.11 Å². The van der Waals surface area contributed by atoms with Crippen molar-refractivity contribution in [3.05, 3.63) is 50.9 Å². The van der Waals surface area contributed by atoms with Crippen LogP contribution in [0.1, 0.15) is 5.56 Å². The number of aromatic nitrogens is 1. The van der Waals surface area contributed by atoms with Crippen molar-refractivity contribution in [2.75, 3.05) is 0 Å². The third-order valence-corrected chi connectivity index (χ3v) is 4.56. The Morgan fingerprint density at radius 1 is 1.10 bits per heavy atom. The number of phenolic OH excluding ortho intramolecular Hbond substituents is 1. The second-order valence-electron chi connectivity index (χ2n) is 4.07. The van der Waals surface area contributed by atoms with E-state index in [9.17, 15) is 5.11 Å². The van der Waals surface area contributed by atoms with Crippen LogP contribution in [0.5, 0.6) is 5.75 Å². The molecule has 0 aliphatic carbocycles. The molecule has 3 aromatic rings. The van der Waals surface area contributed by atoms with Crippen molar-refractivity contribution in [2.45, 2.75) is 0 Å². The van der Waals surface area contributed by atoms with Crippen LogP contribution in [0.2, 0.25) is 0 Å². The largest absolute Gasteiger partial charge is 0.507 e. The fourth-order valence-corrected chi connectivity index (χ4v) is 3.44. The van der Waals surface area contributed by atoms with E-state index in [0.717, 1.165) is 19.2 Å². The first-order chi connectivity index (χ1) is 9.61. The molecule has 0 unspecified atom stereocenters. The third-order valence-electron chi connectivity index (χ3n) is 2.64. The molecular weight excluding hydrogens is 404 g/mol. The van der Waals surface area contributed by atoms with Crippen LogP contribution in [0, 0.1) is 0 Å². The summed E-state index contributed by atoms with van der Waals surface area (Å²) in [4.78, 5) is 8.76. The van der Waals surface area contributed by atoms with Crippen LogP contribution in [0.15, 0.2) is 50.3 Å². The summed E-state index contributed by atoms with van der Waals surface area (Å²) in [5, 5.41) is 10.4. The summed E-state index contributed by atoms with van der Waals surface area (Å²) >= 11 is 8.31. The predicted molar refractivity (Wildman–Crippen MR) is 90.4 cm³/mol. The summed E-state index contributed by atoms with van der Waals surface area (Å²) in [5.41, 5.74) is 1.57. The topological polar surface area (TPSA) is 45.5 Å². The van der Waals surface area contributed by atoms with Gasteiger partial charge in [0.05, 0.1) is 10.2 Å². The molecular formula is C14H8Br2N2OS. The van der Waals surface area contributed by atoms with Crippen LogP contribution >= 0.6 is 43.2 Å². The summed E-state index contributed by atoms with van der Waals surface area (Å²) in [6.07, 6.45) is 1.62. The van der Waals surface area contributed by atoms with Gasteiger partial charge in [0.25, 0.3) is 0 Å². The van der Waals surface area contributed by atoms with E-state index in [1.807, 2.05) is 24.3 Å². The number of thiazole rings is 1. The van der Waals surface area contributed by atoms with Gasteiger partial charge in [-0.3, -0.25) is 0 Å². The lowest BCUT2D eigenvalue weighted by atomic mass is 10.2. The Kier molecular flexibility index (Phi) is 3.87. The summed E-state index contributed by atoms with van der Waals surface area (Å²) < 4.78 is 2.99. The highest BCUT2D eigenvalue weighted by Gasteiger charge is 2.03. The molecule has 0 bridgehead atoms. The number of nitrogens with zero attached hydrogens (tertiary/aromatic N) is 2. The number of hydrogen-bond acceptors (Lipinski definition) is 4. The lowest BCUT2D eigenvalue weighted by molar-refractivity contribution is 0.474. The number of aromatic hydroxyl groups is 1. The van der Waals surface area contributed by atoms with Crippen LogP contribution in [-0.4, -0.2) is 16.3 Å². The summed E-state index contributed by atoms with van der Waals surface area (Å²) in [7, 11) is 0. The van der Waals surface area contributed by atoms with Crippen molar-refractivity contribution >= 4 is 64.8 Å². The zero-order valence-electron chi connectivity index (χ0n) is 10.0. The van der Waals surface area contributed by atoms with Gasteiger partial charge in [-0.1, -0.05) is 43.2 Å². The van der Waals surface area contributed by atoms with Gasteiger partial charge in [0.15, 0.2) is 0 Å². The Balaban J connectivity index is 1.96. The summed E-state index contributed by atoms with van der Waals surface area (Å²) in [6.45, 7) is 0. The van der Waals surface area contributed by atoms with Crippen molar-refractivity contribution in [3.8, 4) is 5.75 Å². The minimum Gasteiger partial charge on any atom is -0.507 e. The molecule has 0 fully saturated rings. The number of fused-ring (bicyclic) bond motifs is 1. The smallest absolute Gasteiger partial charge is 0.210 e. The molecule has 2 aromatic carbocycles. The van der Waals surface area contributed by atoms with Gasteiger partial charge < -0.3 is 5.11 Å². The van der Waals surface area contributed by atoms with Crippen LogP contribution in [0.4, 0.5) is 5.13 Å². The molecule has 3 nitrogen and oxygen atoms in total. The van der Waals surface area contributed by atoms with E-state index < -0.39 is 0 Å². The van der Waals surface area contributed by atoms with Crippen molar-refractivity contribution in [1.29, 1.82) is 0 Å². The average Bonchev–Trinajstić information content (AvgIpc) is 2.81. The SMILES string of the molecule is Oc1ccc(Br)cc1C=Nc1nc2ccc(Br)cc2s1. The van der Waals surface area contributed by atoms with Crippen molar-refractivity contribution in [1.82, 2.24) is 4.98 Å². The van der Waals surface area contributed by atoms with E-state index in [0.29, 0.717) is 10.7 Å². The Labute approximate surface area is 136 Å². The van der Waals surface area contributed by atoms with Gasteiger partial charge in [0, 0.05) is 20.7 Å². The second-order valence-corrected chi connectivity index (χ2v) is 6.91. The number of phenols is 1. The molecule has 0 saturated carbocycles. The van der Waals surface area contributed by atoms with Crippen molar-refractivity contribution in [3.63, 3.8) is 0 Å². The van der Waals surface area contributed by atoms with Crippen LogP contribution in [0.3, 0.4) is 0 Å². The van der Waals surface area contributed by atoms with Gasteiger partial charge in [-0.2, -0.15) is 0 Å². The molecule has 0 saturated heterocycles. The molecule has 1 aromatic heterocycles. The zero-order chi connectivity index (χ0) is 14.1. The van der Waals surface area contributed by atoms with Crippen LogP contribution < -0.4 is 0 Å². The Bertz CT molecular complexity index is 814.